The number of hydrogen-bond donors (Lipinski definition) is 1. The van der Waals surface area contributed by atoms with Crippen LogP contribution in [-0.2, 0) is 0 Å². The standard InChI is InChI=1S/C16H34N2/c1-12(2)10-17-11-14-8-9-15(14)18(7)13(3)16(4,5)6/h12-15,17H,8-11H2,1-7H3. The quantitative estimate of drug-likeness (QED) is 0.782. The lowest BCUT2D eigenvalue weighted by molar-refractivity contribution is 0.0164. The minimum Gasteiger partial charge on any atom is -0.316 e. The minimum absolute atomic E-state index is 0.375. The first-order valence-electron chi connectivity index (χ1n) is 7.66. The third-order valence-corrected chi connectivity index (χ3v) is 4.72. The van der Waals surface area contributed by atoms with Gasteiger partial charge in [0.05, 0.1) is 0 Å². The smallest absolute Gasteiger partial charge is 0.0136 e. The lowest BCUT2D eigenvalue weighted by Crippen LogP contribution is -2.54. The lowest BCUT2D eigenvalue weighted by atomic mass is 9.76. The molecule has 3 unspecified atom stereocenters. The van der Waals surface area contributed by atoms with Crippen molar-refractivity contribution in [2.75, 3.05) is 20.1 Å². The van der Waals surface area contributed by atoms with E-state index < -0.39 is 0 Å². The van der Waals surface area contributed by atoms with E-state index in [9.17, 15) is 0 Å². The van der Waals surface area contributed by atoms with Gasteiger partial charge in [0, 0.05) is 12.1 Å². The lowest BCUT2D eigenvalue weighted by Gasteiger charge is -2.48. The van der Waals surface area contributed by atoms with Crippen LogP contribution in [0.3, 0.4) is 0 Å². The van der Waals surface area contributed by atoms with E-state index in [0.717, 1.165) is 24.4 Å². The maximum absolute atomic E-state index is 3.62. The summed E-state index contributed by atoms with van der Waals surface area (Å²) in [5, 5.41) is 3.62. The highest BCUT2D eigenvalue weighted by atomic mass is 15.2. The summed E-state index contributed by atoms with van der Waals surface area (Å²) < 4.78 is 0. The molecule has 0 aromatic rings. The van der Waals surface area contributed by atoms with E-state index in [1.165, 1.54) is 19.4 Å². The molecule has 0 aromatic carbocycles. The Morgan fingerprint density at radius 3 is 2.17 bits per heavy atom. The van der Waals surface area contributed by atoms with Crippen molar-refractivity contribution in [3.63, 3.8) is 0 Å². The molecule has 2 heteroatoms. The zero-order valence-corrected chi connectivity index (χ0v) is 13.6. The number of hydrogen-bond acceptors (Lipinski definition) is 2. The molecule has 0 amide bonds. The van der Waals surface area contributed by atoms with Gasteiger partial charge in [0.1, 0.15) is 0 Å². The van der Waals surface area contributed by atoms with Gasteiger partial charge in [0.25, 0.3) is 0 Å². The summed E-state index contributed by atoms with van der Waals surface area (Å²) in [5.74, 6) is 1.62. The summed E-state index contributed by atoms with van der Waals surface area (Å²) in [6, 6.07) is 1.44. The van der Waals surface area contributed by atoms with Crippen LogP contribution < -0.4 is 5.32 Å². The third-order valence-electron chi connectivity index (χ3n) is 4.72. The highest BCUT2D eigenvalue weighted by Gasteiger charge is 2.37. The highest BCUT2D eigenvalue weighted by Crippen LogP contribution is 2.35. The Kier molecular flexibility index (Phi) is 5.67. The van der Waals surface area contributed by atoms with E-state index in [2.05, 4.69) is 58.8 Å². The van der Waals surface area contributed by atoms with Crippen molar-refractivity contribution in [1.29, 1.82) is 0 Å². The van der Waals surface area contributed by atoms with Gasteiger partial charge in [0.15, 0.2) is 0 Å². The van der Waals surface area contributed by atoms with Crippen molar-refractivity contribution in [2.45, 2.75) is 66.5 Å². The molecule has 1 saturated carbocycles. The van der Waals surface area contributed by atoms with Crippen LogP contribution in [0, 0.1) is 17.3 Å². The number of rotatable bonds is 6. The molecule has 108 valence electrons. The summed E-state index contributed by atoms with van der Waals surface area (Å²) in [7, 11) is 2.31. The van der Waals surface area contributed by atoms with Gasteiger partial charge in [-0.25, -0.2) is 0 Å². The molecule has 0 aliphatic heterocycles. The van der Waals surface area contributed by atoms with Gasteiger partial charge < -0.3 is 5.32 Å². The molecule has 0 saturated heterocycles. The summed E-state index contributed by atoms with van der Waals surface area (Å²) in [5.41, 5.74) is 0.375. The average molecular weight is 254 g/mol. The van der Waals surface area contributed by atoms with Crippen molar-refractivity contribution >= 4 is 0 Å². The van der Waals surface area contributed by atoms with E-state index in [1.807, 2.05) is 0 Å². The first kappa shape index (κ1) is 16.0. The highest BCUT2D eigenvalue weighted by molar-refractivity contribution is 4.92. The van der Waals surface area contributed by atoms with Crippen LogP contribution in [0.1, 0.15) is 54.4 Å². The maximum atomic E-state index is 3.62. The van der Waals surface area contributed by atoms with Crippen LogP contribution in [0.4, 0.5) is 0 Å². The predicted octanol–water partition coefficient (Wildman–Crippen LogP) is 3.38. The second kappa shape index (κ2) is 6.38. The molecule has 1 aliphatic carbocycles. The van der Waals surface area contributed by atoms with Gasteiger partial charge in [-0.2, -0.15) is 0 Å². The minimum atomic E-state index is 0.375. The van der Waals surface area contributed by atoms with Gasteiger partial charge in [-0.1, -0.05) is 34.6 Å². The second-order valence-electron chi connectivity index (χ2n) is 7.66. The molecule has 1 rings (SSSR count). The molecule has 1 fully saturated rings. The largest absolute Gasteiger partial charge is 0.316 e. The topological polar surface area (TPSA) is 15.3 Å². The monoisotopic (exact) mass is 254 g/mol. The van der Waals surface area contributed by atoms with Crippen molar-refractivity contribution in [3.8, 4) is 0 Å². The van der Waals surface area contributed by atoms with Crippen molar-refractivity contribution in [3.05, 3.63) is 0 Å². The van der Waals surface area contributed by atoms with E-state index >= 15 is 0 Å². The van der Waals surface area contributed by atoms with Gasteiger partial charge >= 0.3 is 0 Å². The average Bonchev–Trinajstić information content (AvgIpc) is 2.19. The SMILES string of the molecule is CC(C)CNCC1CCC1N(C)C(C)C(C)(C)C. The summed E-state index contributed by atoms with van der Waals surface area (Å²) >= 11 is 0. The predicted molar refractivity (Wildman–Crippen MR) is 80.9 cm³/mol. The molecule has 0 aromatic heterocycles. The van der Waals surface area contributed by atoms with E-state index in [0.29, 0.717) is 11.5 Å². The molecule has 0 radical (unpaired) electrons. The van der Waals surface area contributed by atoms with E-state index in [4.69, 9.17) is 0 Å². The molecule has 18 heavy (non-hydrogen) atoms. The van der Waals surface area contributed by atoms with Crippen LogP contribution >= 0.6 is 0 Å². The van der Waals surface area contributed by atoms with E-state index in [1.54, 1.807) is 0 Å². The van der Waals surface area contributed by atoms with Crippen molar-refractivity contribution in [2.24, 2.45) is 17.3 Å². The number of nitrogens with zero attached hydrogens (tertiary/aromatic N) is 1. The van der Waals surface area contributed by atoms with Crippen molar-refractivity contribution < 1.29 is 0 Å². The molecule has 0 spiro atoms. The van der Waals surface area contributed by atoms with Crippen LogP contribution in [0.25, 0.3) is 0 Å². The van der Waals surface area contributed by atoms with Gasteiger partial charge in [-0.3, -0.25) is 4.90 Å². The Balaban J connectivity index is 2.38. The van der Waals surface area contributed by atoms with Crippen molar-refractivity contribution in [1.82, 2.24) is 10.2 Å². The van der Waals surface area contributed by atoms with Crippen LogP contribution in [-0.4, -0.2) is 37.1 Å². The van der Waals surface area contributed by atoms with Gasteiger partial charge in [-0.15, -0.1) is 0 Å². The fraction of sp³-hybridized carbons (Fsp3) is 1.00. The Bertz CT molecular complexity index is 242. The molecular weight excluding hydrogens is 220 g/mol. The maximum Gasteiger partial charge on any atom is 0.0136 e. The molecule has 1 N–H and O–H groups in total. The molecule has 3 atom stereocenters. The zero-order chi connectivity index (χ0) is 13.9. The van der Waals surface area contributed by atoms with Gasteiger partial charge in [-0.05, 0) is 57.2 Å². The molecule has 2 nitrogen and oxygen atoms in total. The Hall–Kier alpha value is -0.0800. The summed E-state index contributed by atoms with van der Waals surface area (Å²) in [6.45, 7) is 16.3. The first-order chi connectivity index (χ1) is 8.23. The first-order valence-corrected chi connectivity index (χ1v) is 7.66. The molecule has 0 bridgehead atoms. The Labute approximate surface area is 115 Å². The number of nitrogens with one attached hydrogen (secondary N) is 1. The molecule has 1 aliphatic rings. The fourth-order valence-electron chi connectivity index (χ4n) is 2.78. The fourth-order valence-corrected chi connectivity index (χ4v) is 2.78. The van der Waals surface area contributed by atoms with Gasteiger partial charge in [0.2, 0.25) is 0 Å². The van der Waals surface area contributed by atoms with Crippen LogP contribution in [0.5, 0.6) is 0 Å². The van der Waals surface area contributed by atoms with E-state index in [-0.39, 0.29) is 0 Å². The zero-order valence-electron chi connectivity index (χ0n) is 13.6. The second-order valence-corrected chi connectivity index (χ2v) is 7.66. The summed E-state index contributed by atoms with van der Waals surface area (Å²) in [6.07, 6.45) is 2.78. The third kappa shape index (κ3) is 4.24. The van der Waals surface area contributed by atoms with Crippen LogP contribution in [0.2, 0.25) is 0 Å². The summed E-state index contributed by atoms with van der Waals surface area (Å²) in [4.78, 5) is 2.62. The Morgan fingerprint density at radius 1 is 1.17 bits per heavy atom. The molecular formula is C16H34N2. The van der Waals surface area contributed by atoms with Crippen LogP contribution in [0.15, 0.2) is 0 Å². The Morgan fingerprint density at radius 2 is 1.78 bits per heavy atom. The molecule has 0 heterocycles. The normalized spacial score (nSPS) is 26.5.